The van der Waals surface area contributed by atoms with Crippen LogP contribution in [0, 0.1) is 29.1 Å². The molecule has 2 N–H and O–H groups in total. The molecule has 0 saturated heterocycles. The molecular formula is C28H52NO2P. The van der Waals surface area contributed by atoms with E-state index in [4.69, 9.17) is 15.0 Å². The van der Waals surface area contributed by atoms with Gasteiger partial charge in [-0.25, -0.2) is 0 Å². The van der Waals surface area contributed by atoms with E-state index in [2.05, 4.69) is 30.2 Å². The van der Waals surface area contributed by atoms with Crippen LogP contribution in [-0.4, -0.2) is 24.9 Å². The van der Waals surface area contributed by atoms with Gasteiger partial charge in [-0.15, -0.1) is 0 Å². The van der Waals surface area contributed by atoms with Crippen LogP contribution in [0.3, 0.4) is 0 Å². The number of hydrogen-bond donors (Lipinski definition) is 1. The summed E-state index contributed by atoms with van der Waals surface area (Å²) < 4.78 is 11.7. The summed E-state index contributed by atoms with van der Waals surface area (Å²) in [5.41, 5.74) is 11.0. The minimum Gasteiger partial charge on any atom is -0.381 e. The highest BCUT2D eigenvalue weighted by atomic mass is 31.0. The van der Waals surface area contributed by atoms with Crippen LogP contribution in [0.5, 0.6) is 0 Å². The molecule has 0 bridgehead atoms. The Morgan fingerprint density at radius 2 is 1.84 bits per heavy atom. The SMILES string of the molecule is CC.COC1CCC2=C(C1)C(OP)CC1(N)C2CCC2(C)C(CCCCC(C)C)CCC21. The van der Waals surface area contributed by atoms with Crippen molar-refractivity contribution in [2.75, 3.05) is 7.11 Å². The number of ether oxygens (including phenoxy) is 1. The van der Waals surface area contributed by atoms with E-state index in [0.29, 0.717) is 23.4 Å². The first-order valence-electron chi connectivity index (χ1n) is 13.7. The van der Waals surface area contributed by atoms with Crippen molar-refractivity contribution in [2.45, 2.75) is 129 Å². The van der Waals surface area contributed by atoms with Gasteiger partial charge in [0.1, 0.15) is 0 Å². The predicted octanol–water partition coefficient (Wildman–Crippen LogP) is 7.44. The second kappa shape index (κ2) is 11.2. The van der Waals surface area contributed by atoms with Crippen LogP contribution in [0.25, 0.3) is 0 Å². The van der Waals surface area contributed by atoms with Gasteiger partial charge in [0, 0.05) is 22.1 Å². The van der Waals surface area contributed by atoms with Crippen molar-refractivity contribution in [1.82, 2.24) is 0 Å². The highest BCUT2D eigenvalue weighted by molar-refractivity contribution is 7.09. The van der Waals surface area contributed by atoms with Crippen LogP contribution >= 0.6 is 9.47 Å². The lowest BCUT2D eigenvalue weighted by molar-refractivity contribution is -0.0305. The molecule has 4 aliphatic carbocycles. The fourth-order valence-corrected chi connectivity index (χ4v) is 8.47. The van der Waals surface area contributed by atoms with Gasteiger partial charge in [0.05, 0.1) is 12.2 Å². The van der Waals surface area contributed by atoms with Gasteiger partial charge in [0.2, 0.25) is 0 Å². The summed E-state index contributed by atoms with van der Waals surface area (Å²) in [6, 6.07) is 0. The molecule has 8 unspecified atom stereocenters. The Hall–Kier alpha value is 0.0500. The van der Waals surface area contributed by atoms with E-state index in [-0.39, 0.29) is 11.6 Å². The standard InChI is InChI=1S/C26H46NO2P.C2H6/c1-17(2)7-5-6-8-18-9-12-24-25(18,3)14-13-22-20-11-10-19(28-4)15-21(20)23(29-30)16-26(22,24)27;1-2/h17-19,22-24H,5-16,27,30H2,1-4H3;1-2H3. The molecule has 0 aromatic heterocycles. The Bertz CT molecular complexity index is 649. The number of fused-ring (bicyclic) bond motifs is 4. The van der Waals surface area contributed by atoms with E-state index < -0.39 is 0 Å². The van der Waals surface area contributed by atoms with Gasteiger partial charge in [0.15, 0.2) is 0 Å². The highest BCUT2D eigenvalue weighted by Crippen LogP contribution is 2.65. The maximum atomic E-state index is 7.48. The van der Waals surface area contributed by atoms with Gasteiger partial charge in [-0.3, -0.25) is 0 Å². The molecule has 4 aliphatic rings. The van der Waals surface area contributed by atoms with Crippen LogP contribution in [-0.2, 0) is 9.26 Å². The Labute approximate surface area is 201 Å². The third-order valence-electron chi connectivity index (χ3n) is 9.83. The fraction of sp³-hybridized carbons (Fsp3) is 0.929. The van der Waals surface area contributed by atoms with E-state index in [1.807, 2.05) is 21.0 Å². The zero-order chi connectivity index (χ0) is 23.5. The number of unbranched alkanes of at least 4 members (excludes halogenated alkanes) is 1. The summed E-state index contributed by atoms with van der Waals surface area (Å²) in [5, 5.41) is 0. The molecule has 0 aromatic carbocycles. The second-order valence-electron chi connectivity index (χ2n) is 11.7. The molecule has 0 heterocycles. The molecule has 0 amide bonds. The van der Waals surface area contributed by atoms with Crippen molar-refractivity contribution in [3.8, 4) is 0 Å². The zero-order valence-electron chi connectivity index (χ0n) is 21.9. The average Bonchev–Trinajstić information content (AvgIpc) is 3.14. The first-order chi connectivity index (χ1) is 15.3. The lowest BCUT2D eigenvalue weighted by atomic mass is 9.49. The Morgan fingerprint density at radius 1 is 1.09 bits per heavy atom. The van der Waals surface area contributed by atoms with E-state index in [1.165, 1.54) is 56.9 Å². The van der Waals surface area contributed by atoms with Gasteiger partial charge in [0.25, 0.3) is 0 Å². The Balaban J connectivity index is 0.00000141. The summed E-state index contributed by atoms with van der Waals surface area (Å²) in [7, 11) is 4.41. The minimum atomic E-state index is -0.0837. The number of methoxy groups -OCH3 is 1. The van der Waals surface area contributed by atoms with Crippen molar-refractivity contribution in [3.05, 3.63) is 11.1 Å². The normalized spacial score (nSPS) is 41.0. The summed E-state index contributed by atoms with van der Waals surface area (Å²) in [6.07, 6.45) is 15.8. The molecule has 2 fully saturated rings. The quantitative estimate of drug-likeness (QED) is 0.241. The summed E-state index contributed by atoms with van der Waals surface area (Å²) in [5.74, 6) is 2.92. The van der Waals surface area contributed by atoms with E-state index >= 15 is 0 Å². The van der Waals surface area contributed by atoms with Crippen LogP contribution in [0.1, 0.15) is 112 Å². The third kappa shape index (κ3) is 4.89. The largest absolute Gasteiger partial charge is 0.381 e. The second-order valence-corrected chi connectivity index (χ2v) is 12.0. The molecule has 0 aromatic rings. The van der Waals surface area contributed by atoms with Crippen LogP contribution in [0.2, 0.25) is 0 Å². The van der Waals surface area contributed by atoms with E-state index in [0.717, 1.165) is 37.5 Å². The topological polar surface area (TPSA) is 44.5 Å². The van der Waals surface area contributed by atoms with Crippen molar-refractivity contribution in [2.24, 2.45) is 34.8 Å². The molecule has 4 heteroatoms. The lowest BCUT2D eigenvalue weighted by Gasteiger charge is -2.59. The zero-order valence-corrected chi connectivity index (χ0v) is 23.1. The number of rotatable bonds is 7. The molecule has 2 saturated carbocycles. The molecule has 0 aliphatic heterocycles. The van der Waals surface area contributed by atoms with Gasteiger partial charge >= 0.3 is 0 Å². The van der Waals surface area contributed by atoms with Crippen molar-refractivity contribution in [1.29, 1.82) is 0 Å². The molecule has 0 spiro atoms. The molecular weight excluding hydrogens is 413 g/mol. The molecule has 4 rings (SSSR count). The third-order valence-corrected chi connectivity index (χ3v) is 10.2. The van der Waals surface area contributed by atoms with E-state index in [9.17, 15) is 0 Å². The maximum Gasteiger partial charge on any atom is 0.0842 e. The maximum absolute atomic E-state index is 7.48. The Morgan fingerprint density at radius 3 is 2.50 bits per heavy atom. The average molecular weight is 466 g/mol. The van der Waals surface area contributed by atoms with E-state index in [1.54, 1.807) is 5.57 Å². The van der Waals surface area contributed by atoms with Crippen LogP contribution in [0.4, 0.5) is 0 Å². The molecule has 0 radical (unpaired) electrons. The molecule has 8 atom stereocenters. The summed E-state index contributed by atoms with van der Waals surface area (Å²) >= 11 is 0. The van der Waals surface area contributed by atoms with Gasteiger partial charge in [-0.2, -0.15) is 0 Å². The first kappa shape index (κ1) is 26.7. The Kier molecular flexibility index (Phi) is 9.32. The van der Waals surface area contributed by atoms with Crippen LogP contribution < -0.4 is 5.73 Å². The lowest BCUT2D eigenvalue weighted by Crippen LogP contribution is -2.64. The first-order valence-corrected chi connectivity index (χ1v) is 14.2. The highest BCUT2D eigenvalue weighted by Gasteiger charge is 2.62. The van der Waals surface area contributed by atoms with Crippen molar-refractivity contribution >= 4 is 9.47 Å². The molecule has 3 nitrogen and oxygen atoms in total. The fourth-order valence-electron chi connectivity index (χ4n) is 8.21. The molecule has 32 heavy (non-hydrogen) atoms. The predicted molar refractivity (Wildman–Crippen MR) is 139 cm³/mol. The minimum absolute atomic E-state index is 0.0837. The van der Waals surface area contributed by atoms with Gasteiger partial charge in [-0.1, -0.05) is 59.5 Å². The molecule has 186 valence electrons. The smallest absolute Gasteiger partial charge is 0.0842 e. The number of nitrogens with two attached hydrogens (primary N) is 1. The summed E-state index contributed by atoms with van der Waals surface area (Å²) in [6.45, 7) is 11.3. The monoisotopic (exact) mass is 465 g/mol. The van der Waals surface area contributed by atoms with Crippen molar-refractivity contribution < 1.29 is 9.26 Å². The van der Waals surface area contributed by atoms with Crippen molar-refractivity contribution in [3.63, 3.8) is 0 Å². The van der Waals surface area contributed by atoms with Gasteiger partial charge < -0.3 is 15.0 Å². The summed E-state index contributed by atoms with van der Waals surface area (Å²) in [4.78, 5) is 0. The van der Waals surface area contributed by atoms with Gasteiger partial charge in [-0.05, 0) is 92.4 Å². The van der Waals surface area contributed by atoms with Crippen LogP contribution in [0.15, 0.2) is 11.1 Å². The number of hydrogen-bond acceptors (Lipinski definition) is 3.